The molecule has 6 heteroatoms. The summed E-state index contributed by atoms with van der Waals surface area (Å²) in [4.78, 5) is 14.8. The normalized spacial score (nSPS) is 13.4. The monoisotopic (exact) mass is 383 g/mol. The van der Waals surface area contributed by atoms with Crippen molar-refractivity contribution in [1.82, 2.24) is 0 Å². The van der Waals surface area contributed by atoms with E-state index in [2.05, 4.69) is 35.8 Å². The summed E-state index contributed by atoms with van der Waals surface area (Å²) < 4.78 is 0. The van der Waals surface area contributed by atoms with Crippen molar-refractivity contribution < 1.29 is 9.69 Å². The van der Waals surface area contributed by atoms with E-state index in [4.69, 9.17) is 23.2 Å². The van der Waals surface area contributed by atoms with Crippen molar-refractivity contribution in [1.29, 1.82) is 0 Å². The van der Waals surface area contributed by atoms with Gasteiger partial charge in [-0.3, -0.25) is 4.79 Å². The highest BCUT2D eigenvalue weighted by molar-refractivity contribution is 7.98. The standard InChI is InChI=1S/C18H20Cl2N2OS/c1-12(18(23)21-17-10-14(19)6-9-16(17)20)22(2)11-13-4-7-15(24-3)8-5-13/h4-10,12H,11H2,1-3H3,(H,21,23)/p+1/t12-/m1/s1. The van der Waals surface area contributed by atoms with E-state index < -0.39 is 0 Å². The number of hydrogen-bond acceptors (Lipinski definition) is 2. The van der Waals surface area contributed by atoms with Crippen LogP contribution in [0, 0.1) is 0 Å². The summed E-state index contributed by atoms with van der Waals surface area (Å²) >= 11 is 13.8. The Morgan fingerprint density at radius 3 is 2.50 bits per heavy atom. The predicted molar refractivity (Wildman–Crippen MR) is 103 cm³/mol. The lowest BCUT2D eigenvalue weighted by Gasteiger charge is -2.21. The van der Waals surface area contributed by atoms with Crippen LogP contribution in [0.1, 0.15) is 12.5 Å². The van der Waals surface area contributed by atoms with E-state index in [0.29, 0.717) is 15.7 Å². The number of halogens is 2. The molecule has 0 aliphatic heterocycles. The minimum absolute atomic E-state index is 0.0857. The second kappa shape index (κ2) is 8.77. The summed E-state index contributed by atoms with van der Waals surface area (Å²) in [6, 6.07) is 13.2. The van der Waals surface area contributed by atoms with Gasteiger partial charge in [-0.05, 0) is 43.5 Å². The van der Waals surface area contributed by atoms with E-state index in [1.807, 2.05) is 14.0 Å². The molecule has 2 N–H and O–H groups in total. The largest absolute Gasteiger partial charge is 0.324 e. The van der Waals surface area contributed by atoms with E-state index in [1.54, 1.807) is 30.0 Å². The van der Waals surface area contributed by atoms with Gasteiger partial charge in [0.15, 0.2) is 6.04 Å². The van der Waals surface area contributed by atoms with Crippen LogP contribution in [0.3, 0.4) is 0 Å². The van der Waals surface area contributed by atoms with Crippen LogP contribution in [0.2, 0.25) is 10.0 Å². The van der Waals surface area contributed by atoms with Crippen LogP contribution < -0.4 is 10.2 Å². The second-order valence-corrected chi connectivity index (χ2v) is 7.43. The molecule has 24 heavy (non-hydrogen) atoms. The molecule has 1 amide bonds. The van der Waals surface area contributed by atoms with Crippen molar-refractivity contribution in [3.63, 3.8) is 0 Å². The van der Waals surface area contributed by atoms with Crippen molar-refractivity contribution in [3.8, 4) is 0 Å². The Hall–Kier alpha value is -1.20. The Morgan fingerprint density at radius 2 is 1.88 bits per heavy atom. The number of benzene rings is 2. The van der Waals surface area contributed by atoms with Crippen molar-refractivity contribution >= 4 is 46.6 Å². The summed E-state index contributed by atoms with van der Waals surface area (Å²) in [6.07, 6.45) is 2.06. The first-order chi connectivity index (χ1) is 11.4. The minimum atomic E-state index is -0.222. The smallest absolute Gasteiger partial charge is 0.282 e. The van der Waals surface area contributed by atoms with Gasteiger partial charge in [-0.2, -0.15) is 0 Å². The Labute approximate surface area is 157 Å². The van der Waals surface area contributed by atoms with Crippen molar-refractivity contribution in [2.24, 2.45) is 0 Å². The lowest BCUT2D eigenvalue weighted by Crippen LogP contribution is -3.12. The molecule has 0 saturated heterocycles. The summed E-state index contributed by atoms with van der Waals surface area (Å²) in [5, 5.41) is 3.87. The van der Waals surface area contributed by atoms with E-state index in [0.717, 1.165) is 11.4 Å². The summed E-state index contributed by atoms with van der Waals surface area (Å²) in [5.74, 6) is -0.0857. The average Bonchev–Trinajstić information content (AvgIpc) is 2.58. The molecule has 2 atom stereocenters. The third kappa shape index (κ3) is 5.15. The molecule has 0 aliphatic carbocycles. The topological polar surface area (TPSA) is 33.5 Å². The third-order valence-electron chi connectivity index (χ3n) is 3.96. The predicted octanol–water partition coefficient (Wildman–Crippen LogP) is 3.76. The maximum absolute atomic E-state index is 12.5. The number of likely N-dealkylation sites (N-methyl/N-ethyl adjacent to an activating group) is 1. The van der Waals surface area contributed by atoms with Crippen LogP contribution in [-0.2, 0) is 11.3 Å². The van der Waals surface area contributed by atoms with E-state index in [-0.39, 0.29) is 11.9 Å². The van der Waals surface area contributed by atoms with Gasteiger partial charge in [0.2, 0.25) is 0 Å². The molecule has 0 saturated carbocycles. The van der Waals surface area contributed by atoms with Crippen molar-refractivity contribution in [3.05, 3.63) is 58.1 Å². The quantitative estimate of drug-likeness (QED) is 0.744. The summed E-state index contributed by atoms with van der Waals surface area (Å²) in [6.45, 7) is 2.67. The second-order valence-electron chi connectivity index (χ2n) is 5.71. The first-order valence-corrected chi connectivity index (χ1v) is 9.60. The Kier molecular flexibility index (Phi) is 6.99. The van der Waals surface area contributed by atoms with Gasteiger partial charge in [0.05, 0.1) is 17.8 Å². The van der Waals surface area contributed by atoms with Gasteiger partial charge in [0.25, 0.3) is 5.91 Å². The fourth-order valence-corrected chi connectivity index (χ4v) is 3.02. The zero-order valence-corrected chi connectivity index (χ0v) is 16.2. The molecule has 3 nitrogen and oxygen atoms in total. The number of carbonyl (C=O) groups is 1. The zero-order chi connectivity index (χ0) is 17.7. The molecule has 0 radical (unpaired) electrons. The van der Waals surface area contributed by atoms with Crippen molar-refractivity contribution in [2.45, 2.75) is 24.4 Å². The molecule has 0 heterocycles. The zero-order valence-electron chi connectivity index (χ0n) is 13.9. The minimum Gasteiger partial charge on any atom is -0.324 e. The van der Waals surface area contributed by atoms with Crippen molar-refractivity contribution in [2.75, 3.05) is 18.6 Å². The highest BCUT2D eigenvalue weighted by Gasteiger charge is 2.22. The molecule has 0 spiro atoms. The Bertz CT molecular complexity index is 707. The SMILES string of the molecule is CSc1ccc(C[NH+](C)[C@H](C)C(=O)Nc2cc(Cl)ccc2Cl)cc1. The molecular formula is C18H21Cl2N2OS+. The van der Waals surface area contributed by atoms with Crippen LogP contribution in [0.4, 0.5) is 5.69 Å². The number of amides is 1. The maximum atomic E-state index is 12.5. The molecule has 128 valence electrons. The number of anilines is 1. The maximum Gasteiger partial charge on any atom is 0.282 e. The number of rotatable bonds is 6. The van der Waals surface area contributed by atoms with Gasteiger partial charge in [-0.15, -0.1) is 11.8 Å². The first kappa shape index (κ1) is 19.1. The van der Waals surface area contributed by atoms with Gasteiger partial charge < -0.3 is 10.2 Å². The van der Waals surface area contributed by atoms with E-state index in [1.165, 1.54) is 10.5 Å². The number of nitrogens with one attached hydrogen (secondary N) is 2. The highest BCUT2D eigenvalue weighted by Crippen LogP contribution is 2.25. The van der Waals surface area contributed by atoms with Gasteiger partial charge in [-0.25, -0.2) is 0 Å². The van der Waals surface area contributed by atoms with Crippen LogP contribution >= 0.6 is 35.0 Å². The number of quaternary nitrogens is 1. The lowest BCUT2D eigenvalue weighted by molar-refractivity contribution is -0.907. The molecule has 0 aromatic heterocycles. The summed E-state index contributed by atoms with van der Waals surface area (Å²) in [7, 11) is 2.01. The van der Waals surface area contributed by atoms with Crippen LogP contribution in [0.25, 0.3) is 0 Å². The Balaban J connectivity index is 1.99. The van der Waals surface area contributed by atoms with Crippen LogP contribution in [0.5, 0.6) is 0 Å². The molecule has 2 rings (SSSR count). The number of carbonyl (C=O) groups excluding carboxylic acids is 1. The molecule has 0 bridgehead atoms. The summed E-state index contributed by atoms with van der Waals surface area (Å²) in [5.41, 5.74) is 1.74. The highest BCUT2D eigenvalue weighted by atomic mass is 35.5. The first-order valence-electron chi connectivity index (χ1n) is 7.62. The number of hydrogen-bond donors (Lipinski definition) is 2. The third-order valence-corrected chi connectivity index (χ3v) is 5.27. The van der Waals surface area contributed by atoms with E-state index >= 15 is 0 Å². The molecular weight excluding hydrogens is 363 g/mol. The number of thioether (sulfide) groups is 1. The average molecular weight is 384 g/mol. The van der Waals surface area contributed by atoms with E-state index in [9.17, 15) is 4.79 Å². The fraction of sp³-hybridized carbons (Fsp3) is 0.278. The molecule has 2 aromatic carbocycles. The molecule has 0 fully saturated rings. The van der Waals surface area contributed by atoms with Crippen LogP contribution in [-0.4, -0.2) is 25.3 Å². The fourth-order valence-electron chi connectivity index (χ4n) is 2.28. The Morgan fingerprint density at radius 1 is 1.21 bits per heavy atom. The van der Waals surface area contributed by atoms with Gasteiger partial charge >= 0.3 is 0 Å². The molecule has 0 aliphatic rings. The van der Waals surface area contributed by atoms with Gasteiger partial charge in [0.1, 0.15) is 6.54 Å². The van der Waals surface area contributed by atoms with Gasteiger partial charge in [-0.1, -0.05) is 35.3 Å². The molecule has 2 aromatic rings. The van der Waals surface area contributed by atoms with Crippen LogP contribution in [0.15, 0.2) is 47.4 Å². The lowest BCUT2D eigenvalue weighted by atomic mass is 10.2. The van der Waals surface area contributed by atoms with Gasteiger partial charge in [0, 0.05) is 15.5 Å². The molecule has 1 unspecified atom stereocenters.